The van der Waals surface area contributed by atoms with Crippen molar-refractivity contribution in [1.82, 2.24) is 0 Å². The van der Waals surface area contributed by atoms with Crippen LogP contribution in [-0.4, -0.2) is 6.04 Å². The normalized spacial score (nSPS) is 14.3. The number of benzene rings is 5. The van der Waals surface area contributed by atoms with E-state index in [2.05, 4.69) is 200 Å². The van der Waals surface area contributed by atoms with Gasteiger partial charge in [0.15, 0.2) is 0 Å². The summed E-state index contributed by atoms with van der Waals surface area (Å²) in [6.45, 7) is 6.08. The highest BCUT2D eigenvalue weighted by Gasteiger charge is 2.20. The Kier molecular flexibility index (Phi) is 9.82. The van der Waals surface area contributed by atoms with Gasteiger partial charge in [0, 0.05) is 11.4 Å². The smallest absolute Gasteiger partial charge is 0.0562 e. The van der Waals surface area contributed by atoms with Gasteiger partial charge in [0.2, 0.25) is 0 Å². The third-order valence-electron chi connectivity index (χ3n) is 8.25. The monoisotopic (exact) mass is 593 g/mol. The quantitative estimate of drug-likeness (QED) is 0.115. The Morgan fingerprint density at radius 1 is 0.609 bits per heavy atom. The lowest BCUT2D eigenvalue weighted by Crippen LogP contribution is -2.30. The van der Waals surface area contributed by atoms with Gasteiger partial charge in [-0.2, -0.15) is 0 Å². The third kappa shape index (κ3) is 7.70. The maximum Gasteiger partial charge on any atom is 0.0562 e. The number of hydrogen-bond acceptors (Lipinski definition) is 1. The van der Waals surface area contributed by atoms with Crippen molar-refractivity contribution in [3.05, 3.63) is 209 Å². The van der Waals surface area contributed by atoms with Crippen LogP contribution in [0.15, 0.2) is 176 Å². The predicted molar refractivity (Wildman–Crippen MR) is 201 cm³/mol. The van der Waals surface area contributed by atoms with Crippen molar-refractivity contribution in [1.29, 1.82) is 0 Å². The molecule has 1 unspecified atom stereocenters. The number of anilines is 2. The van der Waals surface area contributed by atoms with Crippen molar-refractivity contribution in [2.75, 3.05) is 4.90 Å². The van der Waals surface area contributed by atoms with Gasteiger partial charge in [-0.25, -0.2) is 0 Å². The molecule has 0 fully saturated rings. The van der Waals surface area contributed by atoms with Crippen molar-refractivity contribution in [3.63, 3.8) is 0 Å². The van der Waals surface area contributed by atoms with Gasteiger partial charge < -0.3 is 4.90 Å². The van der Waals surface area contributed by atoms with Gasteiger partial charge in [0.05, 0.1) is 6.04 Å². The summed E-state index contributed by atoms with van der Waals surface area (Å²) in [4.78, 5) is 2.43. The molecule has 1 aliphatic rings. The van der Waals surface area contributed by atoms with Gasteiger partial charge in [-0.15, -0.1) is 0 Å². The lowest BCUT2D eigenvalue weighted by Gasteiger charge is -2.33. The first-order valence-electron chi connectivity index (χ1n) is 15.9. The fourth-order valence-electron chi connectivity index (χ4n) is 5.81. The summed E-state index contributed by atoms with van der Waals surface area (Å²) in [5.41, 5.74) is 11.9. The molecule has 5 aromatic carbocycles. The molecule has 224 valence electrons. The zero-order valence-electron chi connectivity index (χ0n) is 26.3. The largest absolute Gasteiger partial charge is 0.334 e. The Labute approximate surface area is 274 Å². The van der Waals surface area contributed by atoms with Crippen LogP contribution in [0.3, 0.4) is 0 Å². The van der Waals surface area contributed by atoms with Crippen LogP contribution < -0.4 is 4.90 Å². The van der Waals surface area contributed by atoms with E-state index in [0.717, 1.165) is 12.0 Å². The molecule has 6 rings (SSSR count). The molecular formula is C45H39N. The Hall–Kier alpha value is -5.66. The van der Waals surface area contributed by atoms with E-state index in [4.69, 9.17) is 0 Å². The van der Waals surface area contributed by atoms with Crippen LogP contribution in [0.4, 0.5) is 11.4 Å². The maximum absolute atomic E-state index is 3.91. The first-order chi connectivity index (χ1) is 22.7. The molecule has 1 aliphatic carbocycles. The van der Waals surface area contributed by atoms with Crippen molar-refractivity contribution >= 4 is 41.3 Å². The summed E-state index contributed by atoms with van der Waals surface area (Å²) >= 11 is 0. The van der Waals surface area contributed by atoms with Gasteiger partial charge in [0.1, 0.15) is 0 Å². The van der Waals surface area contributed by atoms with Gasteiger partial charge >= 0.3 is 0 Å². The van der Waals surface area contributed by atoms with E-state index in [1.54, 1.807) is 0 Å². The molecule has 0 radical (unpaired) electrons. The maximum atomic E-state index is 3.91. The SMILES string of the molecule is C=Cc1ccc(N(c2ccc(C=Cc3ccc(C=CC=C(c4ccccc4)c4ccccc4)cc3)cc2)C2C=C(C)C=CC2)cc1. The highest BCUT2D eigenvalue weighted by Crippen LogP contribution is 2.32. The molecule has 0 heterocycles. The van der Waals surface area contributed by atoms with E-state index in [1.165, 1.54) is 50.3 Å². The van der Waals surface area contributed by atoms with Crippen molar-refractivity contribution in [2.45, 2.75) is 19.4 Å². The third-order valence-corrected chi connectivity index (χ3v) is 8.25. The molecule has 0 aromatic heterocycles. The van der Waals surface area contributed by atoms with Gasteiger partial charge in [-0.05, 0) is 76.6 Å². The van der Waals surface area contributed by atoms with Crippen LogP contribution in [0.1, 0.15) is 46.7 Å². The summed E-state index contributed by atoms with van der Waals surface area (Å²) in [6.07, 6.45) is 20.5. The number of nitrogens with zero attached hydrogens (tertiary/aromatic N) is 1. The first-order valence-corrected chi connectivity index (χ1v) is 15.9. The Morgan fingerprint density at radius 3 is 1.59 bits per heavy atom. The summed E-state index contributed by atoms with van der Waals surface area (Å²) in [5, 5.41) is 0. The van der Waals surface area contributed by atoms with Crippen molar-refractivity contribution < 1.29 is 0 Å². The van der Waals surface area contributed by atoms with Crippen molar-refractivity contribution in [2.24, 2.45) is 0 Å². The van der Waals surface area contributed by atoms with Crippen LogP contribution in [-0.2, 0) is 0 Å². The van der Waals surface area contributed by atoms with E-state index in [0.29, 0.717) is 0 Å². The Balaban J connectivity index is 1.15. The molecule has 0 N–H and O–H groups in total. The molecule has 0 spiro atoms. The molecule has 0 saturated heterocycles. The second-order valence-corrected chi connectivity index (χ2v) is 11.5. The van der Waals surface area contributed by atoms with Gasteiger partial charge in [0.25, 0.3) is 0 Å². The Bertz CT molecular complexity index is 1840. The summed E-state index contributed by atoms with van der Waals surface area (Å²) < 4.78 is 0. The summed E-state index contributed by atoms with van der Waals surface area (Å²) in [5.74, 6) is 0. The van der Waals surface area contributed by atoms with Crippen LogP contribution in [0.5, 0.6) is 0 Å². The number of hydrogen-bond donors (Lipinski definition) is 0. The molecule has 0 bridgehead atoms. The molecule has 1 heteroatoms. The fraction of sp³-hybridized carbons (Fsp3) is 0.0667. The van der Waals surface area contributed by atoms with Gasteiger partial charge in [-0.1, -0.05) is 176 Å². The van der Waals surface area contributed by atoms with E-state index < -0.39 is 0 Å². The van der Waals surface area contributed by atoms with E-state index >= 15 is 0 Å². The molecule has 1 nitrogen and oxygen atoms in total. The van der Waals surface area contributed by atoms with E-state index in [1.807, 2.05) is 6.08 Å². The minimum Gasteiger partial charge on any atom is -0.334 e. The second-order valence-electron chi connectivity index (χ2n) is 11.5. The van der Waals surface area contributed by atoms with Gasteiger partial charge in [-0.3, -0.25) is 0 Å². The number of rotatable bonds is 10. The van der Waals surface area contributed by atoms with E-state index in [-0.39, 0.29) is 6.04 Å². The van der Waals surface area contributed by atoms with Crippen LogP contribution in [0.2, 0.25) is 0 Å². The highest BCUT2D eigenvalue weighted by atomic mass is 15.2. The van der Waals surface area contributed by atoms with E-state index in [9.17, 15) is 0 Å². The lowest BCUT2D eigenvalue weighted by atomic mass is 9.97. The van der Waals surface area contributed by atoms with Crippen LogP contribution in [0, 0.1) is 0 Å². The Morgan fingerprint density at radius 2 is 1.09 bits per heavy atom. The average Bonchev–Trinajstić information content (AvgIpc) is 3.11. The zero-order chi connectivity index (χ0) is 31.6. The number of allylic oxidation sites excluding steroid dienone is 4. The average molecular weight is 594 g/mol. The fourth-order valence-corrected chi connectivity index (χ4v) is 5.81. The molecular weight excluding hydrogens is 555 g/mol. The second kappa shape index (κ2) is 14.9. The summed E-state index contributed by atoms with van der Waals surface area (Å²) in [6, 6.07) is 47.5. The molecule has 0 saturated carbocycles. The van der Waals surface area contributed by atoms with Crippen LogP contribution in [0.25, 0.3) is 29.9 Å². The summed E-state index contributed by atoms with van der Waals surface area (Å²) in [7, 11) is 0. The minimum absolute atomic E-state index is 0.271. The zero-order valence-corrected chi connectivity index (χ0v) is 26.3. The minimum atomic E-state index is 0.271. The molecule has 5 aromatic rings. The highest BCUT2D eigenvalue weighted by molar-refractivity contribution is 5.81. The van der Waals surface area contributed by atoms with Crippen molar-refractivity contribution in [3.8, 4) is 0 Å². The predicted octanol–water partition coefficient (Wildman–Crippen LogP) is 12.1. The molecule has 46 heavy (non-hydrogen) atoms. The lowest BCUT2D eigenvalue weighted by molar-refractivity contribution is 0.778. The first kappa shape index (κ1) is 30.4. The molecule has 0 amide bonds. The molecule has 1 atom stereocenters. The molecule has 0 aliphatic heterocycles. The standard InChI is InChI=1S/C45H39N/c1-3-36-26-30-42(31-27-36)46(44-18-10-12-35(2)34-44)43-32-28-39(29-33-43)25-24-38-22-20-37(21-23-38)13-11-19-45(40-14-6-4-7-15-40)41-16-8-5-9-17-41/h3-17,19-34,44H,1,18H2,2H3. The topological polar surface area (TPSA) is 3.24 Å². The van der Waals surface area contributed by atoms with Crippen LogP contribution >= 0.6 is 0 Å².